The third kappa shape index (κ3) is 11.8. The summed E-state index contributed by atoms with van der Waals surface area (Å²) in [7, 11) is 0. The molecule has 0 aliphatic heterocycles. The van der Waals surface area contributed by atoms with Crippen LogP contribution in [-0.2, 0) is 0 Å². The van der Waals surface area contributed by atoms with E-state index in [1.807, 2.05) is 237 Å². The van der Waals surface area contributed by atoms with Gasteiger partial charge >= 0.3 is 0 Å². The zero-order valence-electron chi connectivity index (χ0n) is 79.5. The van der Waals surface area contributed by atoms with Crippen LogP contribution < -0.4 is 0 Å². The molecule has 0 aliphatic rings. The molecule has 11 nitrogen and oxygen atoms in total. The van der Waals surface area contributed by atoms with Gasteiger partial charge in [-0.05, 0) is 162 Å². The first-order valence-electron chi connectivity index (χ1n) is 47.0. The molecule has 18 aromatic carbocycles. The summed E-state index contributed by atoms with van der Waals surface area (Å²) < 4.78 is 130. The van der Waals surface area contributed by atoms with Gasteiger partial charge in [-0.1, -0.05) is 267 Å². The highest BCUT2D eigenvalue weighted by atomic mass is 15.0. The first-order chi connectivity index (χ1) is 67.2. The SMILES string of the molecule is Cc1cccc(-c2ccc(C#N)c(-n3c4ccccc4c4ccccc43)c2)c1-n1c2ccccc2c2cc(C#N)ccc21.[2H]c1c([2H])c(C#N)c(-n2c3ccccc3c3ccccc32)c(-c2c([2H])c([2H])c(C#N)c(-n3c4ccccc4c4ccccc43)c2[2H])c1[2H].[2H]c1c([2H])c([2H])c(-n2c3ccccc3c3ccccc32)c(-c2c([2H])c([2H])c(C#N)c(-n3c4ccccc4c4ccccc43)c2[2H])c1[2H]. The van der Waals surface area contributed by atoms with Crippen molar-refractivity contribution < 1.29 is 17.8 Å². The highest BCUT2D eigenvalue weighted by Crippen LogP contribution is 2.46. The molecule has 0 bridgehead atoms. The minimum absolute atomic E-state index is 0.0541. The standard InChI is InChI=1S/C39H24N4.C38H22N4.C37H23N3/c1-25-9-8-13-29(39(25)43-36-16-7-4-12-32(36)33-21-26(23-40)17-20-37(33)43)27-18-19-28(24-41)38(22-27)42-34-14-5-2-10-30(34)31-11-3-6-15-35(31)42;39-23-26-21-20-25(22-37(26)41-33-16-5-1-11-29(33)30-12-2-6-17-34(30)41)28-15-9-10-27(24-40)38(28)42-35-18-7-3-13-31(35)32-14-4-8-19-36(32)42;38-24-26-22-21-25(23-37(26)40-35-19-9-4-14-30(35)31-15-5-10-20-36(31)40)27-11-1-6-16-32(27)39-33-17-7-2-12-28(33)29-13-3-8-18-34(29)39/h2-22H,1H3;1-22H;1-23H/i;9D,10D,15D,20D,21D,22D;1D,6D,11D,16D,21D,22D,23D. The number of rotatable bonds is 9. The lowest BCUT2D eigenvalue weighted by molar-refractivity contribution is 1.14. The van der Waals surface area contributed by atoms with Crippen molar-refractivity contribution in [2.75, 3.05) is 0 Å². The number of nitrogens with zero attached hydrogens (tertiary/aromatic N) is 11. The molecule has 24 aromatic rings. The summed E-state index contributed by atoms with van der Waals surface area (Å²) >= 11 is 0. The molecule has 6 heterocycles. The molecule has 0 saturated heterocycles. The maximum Gasteiger partial charge on any atom is 0.101 e. The number of fused-ring (bicyclic) bond motifs is 18. The predicted octanol–water partition coefficient (Wildman–Crippen LogP) is 28.3. The van der Waals surface area contributed by atoms with Crippen molar-refractivity contribution in [1.29, 1.82) is 26.3 Å². The average molecular weight is 1610 g/mol. The number of aryl methyl sites for hydroxylation is 1. The van der Waals surface area contributed by atoms with Gasteiger partial charge in [-0.2, -0.15) is 26.3 Å². The lowest BCUT2D eigenvalue weighted by atomic mass is 9.97. The van der Waals surface area contributed by atoms with Gasteiger partial charge in [0.25, 0.3) is 0 Å². The Labute approximate surface area is 736 Å². The van der Waals surface area contributed by atoms with Gasteiger partial charge in [-0.15, -0.1) is 0 Å². The Bertz CT molecular complexity index is 9450. The van der Waals surface area contributed by atoms with Crippen LogP contribution in [0.3, 0.4) is 0 Å². The van der Waals surface area contributed by atoms with Gasteiger partial charge in [0.2, 0.25) is 0 Å². The summed E-state index contributed by atoms with van der Waals surface area (Å²) in [4.78, 5) is 0. The third-order valence-electron chi connectivity index (χ3n) is 23.7. The monoisotopic (exact) mass is 1600 g/mol. The second-order valence-corrected chi connectivity index (χ2v) is 30.3. The fourth-order valence-corrected chi connectivity index (χ4v) is 18.4. The molecule has 580 valence electrons. The number of benzene rings is 18. The van der Waals surface area contributed by atoms with Gasteiger partial charge < -0.3 is 27.4 Å². The third-order valence-corrected chi connectivity index (χ3v) is 23.7. The van der Waals surface area contributed by atoms with Crippen LogP contribution in [0.2, 0.25) is 0 Å². The summed E-state index contributed by atoms with van der Waals surface area (Å²) in [6.07, 6.45) is 0. The number of hydrogen-bond donors (Lipinski definition) is 0. The summed E-state index contributed by atoms with van der Waals surface area (Å²) in [5, 5.41) is 62.6. The van der Waals surface area contributed by atoms with Gasteiger partial charge in [0.05, 0.1) is 152 Å². The van der Waals surface area contributed by atoms with Crippen LogP contribution in [0.5, 0.6) is 0 Å². The van der Waals surface area contributed by atoms with Crippen LogP contribution in [0.15, 0.2) is 400 Å². The maximum absolute atomic E-state index is 10.5. The largest absolute Gasteiger partial charge is 0.309 e. The van der Waals surface area contributed by atoms with Crippen molar-refractivity contribution in [3.05, 3.63) is 433 Å². The number of hydrogen-bond acceptors (Lipinski definition) is 5. The minimum atomic E-state index is -0.542. The fraction of sp³-hybridized carbons (Fsp3) is 0.00877. The average Bonchev–Trinajstić information content (AvgIpc) is 1.50. The normalized spacial score (nSPS) is 12.8. The molecule has 24 rings (SSSR count). The number of aromatic nitrogens is 6. The van der Waals surface area contributed by atoms with Crippen LogP contribution in [-0.4, -0.2) is 27.4 Å². The molecule has 0 unspecified atom stereocenters. The molecule has 0 spiro atoms. The zero-order valence-corrected chi connectivity index (χ0v) is 66.5. The smallest absolute Gasteiger partial charge is 0.101 e. The van der Waals surface area contributed by atoms with Crippen LogP contribution in [0.4, 0.5) is 0 Å². The van der Waals surface area contributed by atoms with E-state index in [9.17, 15) is 35.9 Å². The van der Waals surface area contributed by atoms with Crippen molar-refractivity contribution >= 4 is 131 Å². The van der Waals surface area contributed by atoms with Crippen molar-refractivity contribution in [2.45, 2.75) is 6.92 Å². The predicted molar refractivity (Wildman–Crippen MR) is 510 cm³/mol. The molecule has 11 heteroatoms. The fourth-order valence-electron chi connectivity index (χ4n) is 18.4. The van der Waals surface area contributed by atoms with E-state index < -0.39 is 60.4 Å². The van der Waals surface area contributed by atoms with Gasteiger partial charge in [-0.3, -0.25) is 0 Å². The van der Waals surface area contributed by atoms with Crippen LogP contribution >= 0.6 is 0 Å². The van der Waals surface area contributed by atoms with E-state index in [0.717, 1.165) is 115 Å². The molecular weight excluding hydrogens is 1520 g/mol. The lowest BCUT2D eigenvalue weighted by Gasteiger charge is -2.18. The topological polar surface area (TPSA) is 149 Å². The van der Waals surface area contributed by atoms with Gasteiger partial charge in [0.1, 0.15) is 24.3 Å². The molecular formula is C114H69N11. The quantitative estimate of drug-likeness (QED) is 0.141. The second kappa shape index (κ2) is 30.2. The minimum Gasteiger partial charge on any atom is -0.309 e. The number of para-hydroxylation sites is 14. The molecule has 0 N–H and O–H groups in total. The van der Waals surface area contributed by atoms with E-state index in [2.05, 4.69) is 131 Å². The van der Waals surface area contributed by atoms with E-state index in [1.165, 1.54) is 0 Å². The molecule has 0 radical (unpaired) electrons. The maximum atomic E-state index is 10.5. The second-order valence-electron chi connectivity index (χ2n) is 30.3. The van der Waals surface area contributed by atoms with E-state index >= 15 is 0 Å². The van der Waals surface area contributed by atoms with E-state index in [4.69, 9.17) is 8.22 Å². The Morgan fingerprint density at radius 3 is 0.952 bits per heavy atom. The highest BCUT2D eigenvalue weighted by molar-refractivity contribution is 6.16. The Morgan fingerprint density at radius 1 is 0.216 bits per heavy atom. The summed E-state index contributed by atoms with van der Waals surface area (Å²) in [5.74, 6) is 0. The molecule has 0 aliphatic carbocycles. The molecule has 0 fully saturated rings. The van der Waals surface area contributed by atoms with Gasteiger partial charge in [0, 0.05) is 81.3 Å². The van der Waals surface area contributed by atoms with E-state index in [0.29, 0.717) is 55.3 Å². The summed E-state index contributed by atoms with van der Waals surface area (Å²) in [6, 6.07) is 109. The van der Waals surface area contributed by atoms with Crippen molar-refractivity contribution in [3.8, 4) is 97.9 Å². The van der Waals surface area contributed by atoms with Crippen molar-refractivity contribution in [1.82, 2.24) is 27.4 Å². The molecule has 125 heavy (non-hydrogen) atoms. The summed E-state index contributed by atoms with van der Waals surface area (Å²) in [6.45, 7) is 2.14. The van der Waals surface area contributed by atoms with E-state index in [1.54, 1.807) is 18.3 Å². The first kappa shape index (κ1) is 60.7. The molecule has 0 saturated carbocycles. The number of nitriles is 5. The van der Waals surface area contributed by atoms with Gasteiger partial charge in [0.15, 0.2) is 0 Å². The summed E-state index contributed by atoms with van der Waals surface area (Å²) in [5.41, 5.74) is 15.3. The van der Waals surface area contributed by atoms with Crippen LogP contribution in [0.1, 0.15) is 51.2 Å². The zero-order chi connectivity index (χ0) is 95.2. The molecule has 6 aromatic heterocycles. The Balaban J connectivity index is 0.000000120. The lowest BCUT2D eigenvalue weighted by Crippen LogP contribution is -2.02. The Kier molecular flexibility index (Phi) is 14.7. The Hall–Kier alpha value is -17.8. The molecule has 0 atom stereocenters. The van der Waals surface area contributed by atoms with Crippen molar-refractivity contribution in [2.24, 2.45) is 0 Å². The first-order valence-corrected chi connectivity index (χ1v) is 40.5. The van der Waals surface area contributed by atoms with Crippen LogP contribution in [0, 0.1) is 63.6 Å². The molecule has 0 amide bonds. The van der Waals surface area contributed by atoms with E-state index in [-0.39, 0.29) is 79.8 Å². The van der Waals surface area contributed by atoms with Crippen LogP contribution in [0.25, 0.3) is 198 Å². The van der Waals surface area contributed by atoms with Gasteiger partial charge in [-0.25, -0.2) is 0 Å². The van der Waals surface area contributed by atoms with Crippen molar-refractivity contribution in [3.63, 3.8) is 0 Å². The Morgan fingerprint density at radius 2 is 0.552 bits per heavy atom. The highest BCUT2D eigenvalue weighted by Gasteiger charge is 2.26.